The van der Waals surface area contributed by atoms with E-state index in [2.05, 4.69) is 14.9 Å². The van der Waals surface area contributed by atoms with Crippen LogP contribution in [0.2, 0.25) is 5.02 Å². The van der Waals surface area contributed by atoms with Gasteiger partial charge in [-0.2, -0.15) is 9.97 Å². The van der Waals surface area contributed by atoms with Crippen molar-refractivity contribution in [1.82, 2.24) is 29.7 Å². The van der Waals surface area contributed by atoms with E-state index < -0.39 is 47.3 Å². The van der Waals surface area contributed by atoms with E-state index in [1.165, 1.54) is 17.2 Å². The molecule has 8 rings (SSSR count). The molecule has 15 heteroatoms. The van der Waals surface area contributed by atoms with Crippen LogP contribution in [0.1, 0.15) is 46.5 Å². The minimum absolute atomic E-state index is 0.0153. The number of halogens is 4. The molecular weight excluding hydrogens is 747 g/mol. The minimum Gasteiger partial charge on any atom is -0.461 e. The summed E-state index contributed by atoms with van der Waals surface area (Å²) in [5.74, 6) is -0.955. The molecule has 0 N–H and O–H groups in total. The summed E-state index contributed by atoms with van der Waals surface area (Å²) in [4.78, 5) is 46.3. The average Bonchev–Trinajstić information content (AvgIpc) is 3.80. The number of likely N-dealkylation sites (N-methyl/N-ethyl adjacent to an activating group) is 1. The Morgan fingerprint density at radius 3 is 2.62 bits per heavy atom. The van der Waals surface area contributed by atoms with E-state index in [1.807, 2.05) is 18.2 Å². The third kappa shape index (κ3) is 7.10. The van der Waals surface area contributed by atoms with Gasteiger partial charge in [0.25, 0.3) is 0 Å². The minimum atomic E-state index is -1.48. The smallest absolute Gasteiger partial charge is 0.410 e. The zero-order valence-electron chi connectivity index (χ0n) is 31.9. The van der Waals surface area contributed by atoms with Gasteiger partial charge in [0, 0.05) is 61.3 Å². The van der Waals surface area contributed by atoms with E-state index in [-0.39, 0.29) is 54.2 Å². The van der Waals surface area contributed by atoms with Crippen LogP contribution in [-0.2, 0) is 9.53 Å². The molecular formula is C41H45ClF3N7O4. The van der Waals surface area contributed by atoms with Crippen molar-refractivity contribution >= 4 is 51.1 Å². The first-order valence-electron chi connectivity index (χ1n) is 19.1. The topological polar surface area (TPSA) is 104 Å². The molecule has 0 radical (unpaired) electrons. The molecule has 11 nitrogen and oxygen atoms in total. The number of fused-ring (bicyclic) bond motifs is 3. The normalized spacial score (nSPS) is 25.3. The van der Waals surface area contributed by atoms with Gasteiger partial charge in [-0.25, -0.2) is 18.0 Å². The van der Waals surface area contributed by atoms with Crippen molar-refractivity contribution in [3.63, 3.8) is 0 Å². The summed E-state index contributed by atoms with van der Waals surface area (Å²) in [6, 6.07) is 9.57. The number of benzene rings is 2. The SMILES string of the molecule is CN(c1nc(OC[C@@]23CCCN2C[C@H](F)C3)nc2c(F)c(-c3cccc4cccc(Cl)c34)ncc12)[C@@H]1CN(C(=O)/C=C/[C@H]2CCN2C(=O)OC(C)(C)C)C[C@H]1F. The number of carbonyl (C=O) groups is 2. The van der Waals surface area contributed by atoms with Gasteiger partial charge in [-0.05, 0) is 58.0 Å². The maximum atomic E-state index is 16.9. The first kappa shape index (κ1) is 38.2. The van der Waals surface area contributed by atoms with Crippen molar-refractivity contribution in [3.05, 3.63) is 65.6 Å². The summed E-state index contributed by atoms with van der Waals surface area (Å²) in [7, 11) is 1.64. The van der Waals surface area contributed by atoms with E-state index in [0.717, 1.165) is 24.8 Å². The molecule has 5 atom stereocenters. The number of likely N-dealkylation sites (tertiary alicyclic amines) is 2. The Kier molecular flexibility index (Phi) is 10.0. The third-order valence-electron chi connectivity index (χ3n) is 11.5. The van der Waals surface area contributed by atoms with Gasteiger partial charge in [-0.1, -0.05) is 48.0 Å². The maximum Gasteiger partial charge on any atom is 0.410 e. The fraction of sp³-hybridized carbons (Fsp3) is 0.488. The van der Waals surface area contributed by atoms with Crippen LogP contribution in [0, 0.1) is 5.82 Å². The second-order valence-corrected chi connectivity index (χ2v) is 16.8. The monoisotopic (exact) mass is 791 g/mol. The van der Waals surface area contributed by atoms with Crippen molar-refractivity contribution in [2.75, 3.05) is 51.3 Å². The van der Waals surface area contributed by atoms with Crippen LogP contribution >= 0.6 is 11.6 Å². The first-order valence-corrected chi connectivity index (χ1v) is 19.5. The predicted molar refractivity (Wildman–Crippen MR) is 208 cm³/mol. The molecule has 2 aromatic carbocycles. The van der Waals surface area contributed by atoms with E-state index in [9.17, 15) is 14.0 Å². The Morgan fingerprint density at radius 1 is 1.09 bits per heavy atom. The zero-order chi connectivity index (χ0) is 39.5. The molecule has 56 heavy (non-hydrogen) atoms. The number of rotatable bonds is 8. The average molecular weight is 792 g/mol. The second kappa shape index (κ2) is 14.7. The number of hydrogen-bond acceptors (Lipinski definition) is 9. The fourth-order valence-electron chi connectivity index (χ4n) is 8.59. The summed E-state index contributed by atoms with van der Waals surface area (Å²) in [6.07, 6.45) is 4.25. The molecule has 4 fully saturated rings. The van der Waals surface area contributed by atoms with Crippen LogP contribution in [-0.4, -0.2) is 124 Å². The Labute approximate surface area is 328 Å². The van der Waals surface area contributed by atoms with Crippen LogP contribution in [0.4, 0.5) is 23.8 Å². The number of aromatic nitrogens is 3. The van der Waals surface area contributed by atoms with E-state index >= 15 is 8.78 Å². The predicted octanol–water partition coefficient (Wildman–Crippen LogP) is 7.14. The van der Waals surface area contributed by atoms with Gasteiger partial charge in [-0.3, -0.25) is 14.7 Å². The number of hydrogen-bond donors (Lipinski definition) is 0. The van der Waals surface area contributed by atoms with E-state index in [0.29, 0.717) is 41.9 Å². The van der Waals surface area contributed by atoms with Gasteiger partial charge >= 0.3 is 12.1 Å². The van der Waals surface area contributed by atoms with Crippen molar-refractivity contribution in [2.45, 2.75) is 82.0 Å². The van der Waals surface area contributed by atoms with Crippen LogP contribution in [0.3, 0.4) is 0 Å². The summed E-state index contributed by atoms with van der Waals surface area (Å²) >= 11 is 6.62. The zero-order valence-corrected chi connectivity index (χ0v) is 32.6. The Hall–Kier alpha value is -4.69. The van der Waals surface area contributed by atoms with E-state index in [1.54, 1.807) is 61.9 Å². The van der Waals surface area contributed by atoms with Crippen LogP contribution in [0.25, 0.3) is 32.9 Å². The number of nitrogens with zero attached hydrogens (tertiary/aromatic N) is 7. The molecule has 4 aliphatic heterocycles. The molecule has 2 aromatic heterocycles. The standard InChI is InChI=1S/C41H45ClF3N7O4/c1-40(2,3)56-39(54)52-17-14-26(52)12-13-32(53)50-21-30(44)31(22-50)49(4)37-28-19-46-35(27-10-5-8-24-9-6-11-29(42)33(24)27)34(45)36(28)47-38(48-37)55-23-41-15-7-16-51(41)20-25(43)18-41/h5-6,8-13,19,25-26,30-31H,7,14-18,20-23H2,1-4H3/b13-12+/t25-,26+,30-,31-,41+/m1/s1. The largest absolute Gasteiger partial charge is 0.461 e. The number of ether oxygens (including phenoxy) is 2. The maximum absolute atomic E-state index is 16.9. The molecule has 2 amide bonds. The Balaban J connectivity index is 1.09. The van der Waals surface area contributed by atoms with Gasteiger partial charge in [0.15, 0.2) is 5.82 Å². The molecule has 4 aliphatic rings. The van der Waals surface area contributed by atoms with Gasteiger partial charge in [0.05, 0.1) is 29.6 Å². The fourth-order valence-corrected chi connectivity index (χ4v) is 8.87. The highest BCUT2D eigenvalue weighted by atomic mass is 35.5. The quantitative estimate of drug-likeness (QED) is 0.172. The number of alkyl halides is 2. The number of pyridine rings is 1. The van der Waals surface area contributed by atoms with Crippen molar-refractivity contribution in [3.8, 4) is 17.3 Å². The molecule has 0 saturated carbocycles. The Bertz CT molecular complexity index is 2220. The van der Waals surface area contributed by atoms with Gasteiger partial charge in [0.2, 0.25) is 5.91 Å². The first-order chi connectivity index (χ1) is 26.7. The number of amides is 2. The van der Waals surface area contributed by atoms with Gasteiger partial charge in [-0.15, -0.1) is 0 Å². The van der Waals surface area contributed by atoms with Gasteiger partial charge in [0.1, 0.15) is 41.6 Å². The number of carbonyl (C=O) groups excluding carboxylic acids is 2. The molecule has 296 valence electrons. The highest BCUT2D eigenvalue weighted by Crippen LogP contribution is 2.42. The summed E-state index contributed by atoms with van der Waals surface area (Å²) < 4.78 is 59.2. The highest BCUT2D eigenvalue weighted by molar-refractivity contribution is 6.36. The third-order valence-corrected chi connectivity index (χ3v) is 11.8. The molecule has 0 bridgehead atoms. The van der Waals surface area contributed by atoms with Crippen LogP contribution in [0.5, 0.6) is 6.01 Å². The molecule has 0 aliphatic carbocycles. The lowest BCUT2D eigenvalue weighted by atomic mass is 9.95. The lowest BCUT2D eigenvalue weighted by molar-refractivity contribution is -0.125. The highest BCUT2D eigenvalue weighted by Gasteiger charge is 2.49. The molecule has 4 saturated heterocycles. The van der Waals surface area contributed by atoms with E-state index in [4.69, 9.17) is 26.1 Å². The number of anilines is 1. The lowest BCUT2D eigenvalue weighted by Crippen LogP contribution is -2.51. The van der Waals surface area contributed by atoms with Crippen molar-refractivity contribution in [1.29, 1.82) is 0 Å². The van der Waals surface area contributed by atoms with Crippen molar-refractivity contribution in [2.24, 2.45) is 0 Å². The molecule has 4 aromatic rings. The molecule has 0 unspecified atom stereocenters. The van der Waals surface area contributed by atoms with Crippen LogP contribution in [0.15, 0.2) is 54.7 Å². The second-order valence-electron chi connectivity index (χ2n) is 16.3. The lowest BCUT2D eigenvalue weighted by Gasteiger charge is -2.39. The van der Waals surface area contributed by atoms with Gasteiger partial charge < -0.3 is 24.2 Å². The van der Waals surface area contributed by atoms with Crippen LogP contribution < -0.4 is 9.64 Å². The molecule has 6 heterocycles. The summed E-state index contributed by atoms with van der Waals surface area (Å²) in [5, 5.41) is 2.10. The van der Waals surface area contributed by atoms with Crippen molar-refractivity contribution < 1.29 is 32.2 Å². The Morgan fingerprint density at radius 2 is 1.88 bits per heavy atom. The summed E-state index contributed by atoms with van der Waals surface area (Å²) in [6.45, 7) is 6.93. The summed E-state index contributed by atoms with van der Waals surface area (Å²) in [5.41, 5.74) is -0.747. The molecule has 0 spiro atoms.